The zero-order valence-electron chi connectivity index (χ0n) is 8.09. The Labute approximate surface area is 78.2 Å². The summed E-state index contributed by atoms with van der Waals surface area (Å²) < 4.78 is 4.65. The van der Waals surface area contributed by atoms with Crippen molar-refractivity contribution in [1.29, 1.82) is 0 Å². The Morgan fingerprint density at radius 3 is 2.50 bits per heavy atom. The summed E-state index contributed by atoms with van der Waals surface area (Å²) in [5.74, 6) is 0.572. The molecule has 1 N–H and O–H groups in total. The van der Waals surface area contributed by atoms with Gasteiger partial charge in [-0.25, -0.2) is 0 Å². The van der Waals surface area contributed by atoms with Crippen molar-refractivity contribution in [2.45, 2.75) is 25.9 Å². The van der Waals surface area contributed by atoms with Gasteiger partial charge in [-0.3, -0.25) is 4.79 Å². The van der Waals surface area contributed by atoms with E-state index >= 15 is 0 Å². The van der Waals surface area contributed by atoms with Crippen LogP contribution in [0.1, 0.15) is 13.8 Å². The molecule has 4 heteroatoms. The Balaban J connectivity index is 3.94. The van der Waals surface area contributed by atoms with Crippen molar-refractivity contribution in [1.82, 2.24) is 5.32 Å². The molecule has 0 radical (unpaired) electrons. The first-order chi connectivity index (χ1) is 5.61. The van der Waals surface area contributed by atoms with Crippen LogP contribution in [-0.2, 0) is 9.53 Å². The summed E-state index contributed by atoms with van der Waals surface area (Å²) in [6.45, 7) is 4.02. The predicted octanol–water partition coefficient (Wildman–Crippen LogP) is 0.889. The van der Waals surface area contributed by atoms with Crippen LogP contribution >= 0.6 is 11.8 Å². The predicted molar refractivity (Wildman–Crippen MR) is 52.5 cm³/mol. The number of esters is 1. The molecule has 3 nitrogen and oxygen atoms in total. The van der Waals surface area contributed by atoms with Crippen LogP contribution in [0.3, 0.4) is 0 Å². The first kappa shape index (κ1) is 11.8. The van der Waals surface area contributed by atoms with E-state index in [9.17, 15) is 4.79 Å². The minimum Gasteiger partial charge on any atom is -0.468 e. The van der Waals surface area contributed by atoms with Gasteiger partial charge >= 0.3 is 5.97 Å². The van der Waals surface area contributed by atoms with Crippen LogP contribution in [0.15, 0.2) is 0 Å². The summed E-state index contributed by atoms with van der Waals surface area (Å²) in [7, 11) is 1.41. The Morgan fingerprint density at radius 2 is 2.17 bits per heavy atom. The molecule has 0 aromatic carbocycles. The fourth-order valence-electron chi connectivity index (χ4n) is 0.895. The highest BCUT2D eigenvalue weighted by Gasteiger charge is 2.18. The van der Waals surface area contributed by atoms with Crippen molar-refractivity contribution in [3.8, 4) is 0 Å². The van der Waals surface area contributed by atoms with Gasteiger partial charge in [-0.2, -0.15) is 11.8 Å². The number of hydrogen-bond acceptors (Lipinski definition) is 4. The van der Waals surface area contributed by atoms with Crippen LogP contribution in [-0.4, -0.2) is 37.2 Å². The van der Waals surface area contributed by atoms with E-state index in [1.165, 1.54) is 7.11 Å². The van der Waals surface area contributed by atoms with Gasteiger partial charge in [-0.1, -0.05) is 13.8 Å². The van der Waals surface area contributed by atoms with E-state index in [0.29, 0.717) is 6.04 Å². The lowest BCUT2D eigenvalue weighted by Crippen LogP contribution is -2.43. The molecule has 0 saturated heterocycles. The van der Waals surface area contributed by atoms with E-state index in [1.807, 2.05) is 20.1 Å². The first-order valence-corrected chi connectivity index (χ1v) is 5.34. The van der Waals surface area contributed by atoms with E-state index in [4.69, 9.17) is 0 Å². The number of carbonyl (C=O) groups is 1. The fourth-order valence-corrected chi connectivity index (χ4v) is 1.46. The molecular weight excluding hydrogens is 174 g/mol. The molecule has 0 aromatic heterocycles. The van der Waals surface area contributed by atoms with Gasteiger partial charge in [-0.05, 0) is 6.26 Å². The van der Waals surface area contributed by atoms with Crippen molar-refractivity contribution < 1.29 is 9.53 Å². The molecule has 0 spiro atoms. The van der Waals surface area contributed by atoms with Crippen LogP contribution in [0.25, 0.3) is 0 Å². The number of nitrogens with one attached hydrogen (secondary N) is 1. The largest absolute Gasteiger partial charge is 0.468 e. The molecule has 0 saturated carbocycles. The molecule has 1 unspecified atom stereocenters. The lowest BCUT2D eigenvalue weighted by Gasteiger charge is -2.17. The van der Waals surface area contributed by atoms with E-state index < -0.39 is 0 Å². The van der Waals surface area contributed by atoms with Gasteiger partial charge in [0.25, 0.3) is 0 Å². The summed E-state index contributed by atoms with van der Waals surface area (Å²) in [5, 5.41) is 3.14. The molecular formula is C8H17NO2S. The van der Waals surface area contributed by atoms with Crippen LogP contribution in [0.2, 0.25) is 0 Å². The summed E-state index contributed by atoms with van der Waals surface area (Å²) in [6.07, 6.45) is 1.97. The van der Waals surface area contributed by atoms with Crippen LogP contribution in [0.5, 0.6) is 0 Å². The molecule has 12 heavy (non-hydrogen) atoms. The molecule has 0 aliphatic rings. The maximum Gasteiger partial charge on any atom is 0.323 e. The van der Waals surface area contributed by atoms with Crippen molar-refractivity contribution in [3.05, 3.63) is 0 Å². The molecule has 0 rings (SSSR count). The smallest absolute Gasteiger partial charge is 0.323 e. The maximum atomic E-state index is 11.1. The zero-order chi connectivity index (χ0) is 9.56. The van der Waals surface area contributed by atoms with Crippen molar-refractivity contribution in [2.24, 2.45) is 0 Å². The summed E-state index contributed by atoms with van der Waals surface area (Å²) >= 11 is 1.63. The van der Waals surface area contributed by atoms with Crippen LogP contribution in [0, 0.1) is 0 Å². The number of carbonyl (C=O) groups excluding carboxylic acids is 1. The Morgan fingerprint density at radius 1 is 1.58 bits per heavy atom. The highest BCUT2D eigenvalue weighted by atomic mass is 32.2. The van der Waals surface area contributed by atoms with Crippen molar-refractivity contribution in [3.63, 3.8) is 0 Å². The van der Waals surface area contributed by atoms with Crippen LogP contribution < -0.4 is 5.32 Å². The molecule has 0 bridgehead atoms. The molecule has 0 aromatic rings. The topological polar surface area (TPSA) is 38.3 Å². The lowest BCUT2D eigenvalue weighted by atomic mass is 10.3. The number of hydrogen-bond donors (Lipinski definition) is 1. The number of methoxy groups -OCH3 is 1. The first-order valence-electron chi connectivity index (χ1n) is 3.94. The van der Waals surface area contributed by atoms with Gasteiger partial charge in [0.15, 0.2) is 0 Å². The molecule has 72 valence electrons. The van der Waals surface area contributed by atoms with Gasteiger partial charge in [0.2, 0.25) is 0 Å². The second-order valence-electron chi connectivity index (χ2n) is 2.85. The monoisotopic (exact) mass is 191 g/mol. The van der Waals surface area contributed by atoms with Crippen molar-refractivity contribution >= 4 is 17.7 Å². The minimum atomic E-state index is -0.182. The molecule has 1 atom stereocenters. The minimum absolute atomic E-state index is 0.176. The third-order valence-corrected chi connectivity index (χ3v) is 2.02. The van der Waals surface area contributed by atoms with Gasteiger partial charge in [0.05, 0.1) is 7.11 Å². The molecule has 0 aliphatic heterocycles. The summed E-state index contributed by atoms with van der Waals surface area (Å²) in [6, 6.07) is 0.131. The standard InChI is InChI=1S/C8H17NO2S/c1-6(2)9-7(5-12-4)8(10)11-3/h6-7,9H,5H2,1-4H3. The second-order valence-corrected chi connectivity index (χ2v) is 3.76. The molecule has 0 amide bonds. The maximum absolute atomic E-state index is 11.1. The summed E-state index contributed by atoms with van der Waals surface area (Å²) in [4.78, 5) is 11.1. The average Bonchev–Trinajstić information content (AvgIpc) is 2.01. The normalized spacial score (nSPS) is 13.1. The lowest BCUT2D eigenvalue weighted by molar-refractivity contribution is -0.142. The number of thioether (sulfide) groups is 1. The van der Waals surface area contributed by atoms with Gasteiger partial charge in [-0.15, -0.1) is 0 Å². The van der Waals surface area contributed by atoms with E-state index in [1.54, 1.807) is 11.8 Å². The van der Waals surface area contributed by atoms with Gasteiger partial charge in [0, 0.05) is 11.8 Å². The number of rotatable bonds is 5. The Kier molecular flexibility index (Phi) is 6.20. The third kappa shape index (κ3) is 4.62. The highest BCUT2D eigenvalue weighted by molar-refractivity contribution is 7.98. The Hall–Kier alpha value is -0.220. The second kappa shape index (κ2) is 6.31. The number of ether oxygens (including phenoxy) is 1. The van der Waals surface area contributed by atoms with Crippen LogP contribution in [0.4, 0.5) is 0 Å². The molecule has 0 heterocycles. The van der Waals surface area contributed by atoms with Gasteiger partial charge < -0.3 is 10.1 Å². The zero-order valence-corrected chi connectivity index (χ0v) is 8.90. The van der Waals surface area contributed by atoms with E-state index in [-0.39, 0.29) is 12.0 Å². The van der Waals surface area contributed by atoms with Crippen molar-refractivity contribution in [2.75, 3.05) is 19.1 Å². The Bertz CT molecular complexity index is 139. The highest BCUT2D eigenvalue weighted by Crippen LogP contribution is 2.00. The SMILES string of the molecule is COC(=O)C(CSC)NC(C)C. The van der Waals surface area contributed by atoms with E-state index in [2.05, 4.69) is 10.1 Å². The average molecular weight is 191 g/mol. The third-order valence-electron chi connectivity index (χ3n) is 1.35. The van der Waals surface area contributed by atoms with E-state index in [0.717, 1.165) is 5.75 Å². The molecule has 0 aliphatic carbocycles. The quantitative estimate of drug-likeness (QED) is 0.655. The summed E-state index contributed by atoms with van der Waals surface area (Å²) in [5.41, 5.74) is 0. The fraction of sp³-hybridized carbons (Fsp3) is 0.875. The molecule has 0 fully saturated rings. The van der Waals surface area contributed by atoms with Gasteiger partial charge in [0.1, 0.15) is 6.04 Å².